The summed E-state index contributed by atoms with van der Waals surface area (Å²) in [6.07, 6.45) is 8.15. The van der Waals surface area contributed by atoms with Crippen molar-refractivity contribution < 1.29 is 9.53 Å². The van der Waals surface area contributed by atoms with Gasteiger partial charge in [-0.2, -0.15) is 0 Å². The Kier molecular flexibility index (Phi) is 5.40. The van der Waals surface area contributed by atoms with Gasteiger partial charge in [0.2, 0.25) is 0 Å². The number of thiol groups is 1. The highest BCUT2D eigenvalue weighted by atomic mass is 79.9. The van der Waals surface area contributed by atoms with Crippen molar-refractivity contribution in [1.82, 2.24) is 0 Å². The van der Waals surface area contributed by atoms with Gasteiger partial charge >= 0.3 is 5.97 Å². The predicted molar refractivity (Wildman–Crippen MR) is 80.7 cm³/mol. The molecule has 100 valence electrons. The third kappa shape index (κ3) is 6.79. The molecule has 0 unspecified atom stereocenters. The van der Waals surface area contributed by atoms with E-state index in [1.807, 2.05) is 0 Å². The Morgan fingerprint density at radius 2 is 1.81 bits per heavy atom. The molecule has 0 radical (unpaired) electrons. The molecule has 4 heteroatoms. The molecule has 0 aliphatic heterocycles. The number of carbonyl (C=O) groups is 1. The van der Waals surface area contributed by atoms with Crippen LogP contribution >= 0.6 is 25.1 Å². The molecule has 0 fully saturated rings. The SMILES string of the molecule is CC[SH](C)(C)(C)CCCOC(=O)C(C)(C)Br. The standard InChI is InChI=1S/C12H27BrO2S/c1-7-16(4,5,6)10-8-9-15-11(14)12(2,3)13/h16H,7-10H2,1-6H3. The number of esters is 1. The highest BCUT2D eigenvalue weighted by molar-refractivity contribution is 9.10. The monoisotopic (exact) mass is 314 g/mol. The zero-order valence-corrected chi connectivity index (χ0v) is 14.0. The van der Waals surface area contributed by atoms with Crippen molar-refractivity contribution in [2.24, 2.45) is 0 Å². The number of halogens is 1. The van der Waals surface area contributed by atoms with Crippen molar-refractivity contribution in [1.29, 1.82) is 0 Å². The molecule has 0 aliphatic rings. The molecule has 0 aromatic rings. The van der Waals surface area contributed by atoms with Crippen molar-refractivity contribution in [2.45, 2.75) is 31.5 Å². The highest BCUT2D eigenvalue weighted by Crippen LogP contribution is 2.59. The molecule has 16 heavy (non-hydrogen) atoms. The maximum Gasteiger partial charge on any atom is 0.322 e. The lowest BCUT2D eigenvalue weighted by molar-refractivity contribution is -0.145. The van der Waals surface area contributed by atoms with Crippen LogP contribution in [0.4, 0.5) is 0 Å². The largest absolute Gasteiger partial charge is 0.465 e. The van der Waals surface area contributed by atoms with E-state index in [0.717, 1.165) is 6.42 Å². The number of rotatable bonds is 6. The van der Waals surface area contributed by atoms with Crippen LogP contribution in [0.2, 0.25) is 0 Å². The normalized spacial score (nSPS) is 15.3. The minimum atomic E-state index is -1.46. The van der Waals surface area contributed by atoms with Crippen molar-refractivity contribution in [2.75, 3.05) is 36.9 Å². The second-order valence-corrected chi connectivity index (χ2v) is 16.5. The lowest BCUT2D eigenvalue weighted by Gasteiger charge is -2.50. The van der Waals surface area contributed by atoms with Crippen LogP contribution in [-0.4, -0.2) is 47.2 Å². The lowest BCUT2D eigenvalue weighted by Crippen LogP contribution is -2.28. The van der Waals surface area contributed by atoms with Crippen LogP contribution in [0.25, 0.3) is 0 Å². The summed E-state index contributed by atoms with van der Waals surface area (Å²) in [5, 5.41) is 0. The average Bonchev–Trinajstić information content (AvgIpc) is 2.10. The molecule has 2 nitrogen and oxygen atoms in total. The van der Waals surface area contributed by atoms with Gasteiger partial charge in [-0.3, -0.25) is 14.0 Å². The Balaban J connectivity index is 3.91. The van der Waals surface area contributed by atoms with Gasteiger partial charge < -0.3 is 4.74 Å². The van der Waals surface area contributed by atoms with Crippen molar-refractivity contribution in [3.8, 4) is 0 Å². The van der Waals surface area contributed by atoms with Crippen LogP contribution in [0.15, 0.2) is 0 Å². The summed E-state index contributed by atoms with van der Waals surface area (Å²) in [5.41, 5.74) is 0. The fourth-order valence-corrected chi connectivity index (χ4v) is 2.88. The summed E-state index contributed by atoms with van der Waals surface area (Å²) in [5.74, 6) is 2.27. The van der Waals surface area contributed by atoms with Gasteiger partial charge in [0.15, 0.2) is 0 Å². The third-order valence-electron chi connectivity index (χ3n) is 3.02. The van der Waals surface area contributed by atoms with Crippen LogP contribution < -0.4 is 0 Å². The summed E-state index contributed by atoms with van der Waals surface area (Å²) >= 11 is 3.29. The molecular formula is C12H27BrO2S. The van der Waals surface area contributed by atoms with Crippen LogP contribution in [-0.2, 0) is 9.53 Å². The Morgan fingerprint density at radius 3 is 2.19 bits per heavy atom. The third-order valence-corrected chi connectivity index (χ3v) is 7.66. The van der Waals surface area contributed by atoms with Gasteiger partial charge in [-0.05, 0) is 50.5 Å². The summed E-state index contributed by atoms with van der Waals surface area (Å²) < 4.78 is 4.66. The maximum atomic E-state index is 11.5. The van der Waals surface area contributed by atoms with E-state index in [4.69, 9.17) is 4.74 Å². The van der Waals surface area contributed by atoms with Crippen LogP contribution in [0.1, 0.15) is 27.2 Å². The molecule has 0 heterocycles. The van der Waals surface area contributed by atoms with Crippen molar-refractivity contribution >= 4 is 31.1 Å². The summed E-state index contributed by atoms with van der Waals surface area (Å²) in [7, 11) is -1.46. The zero-order valence-electron chi connectivity index (χ0n) is 11.5. The van der Waals surface area contributed by atoms with Gasteiger partial charge in [0.25, 0.3) is 0 Å². The number of hydrogen-bond donors (Lipinski definition) is 1. The predicted octanol–water partition coefficient (Wildman–Crippen LogP) is 3.08. The Hall–Kier alpha value is 0.300. The van der Waals surface area contributed by atoms with E-state index in [-0.39, 0.29) is 5.97 Å². The second kappa shape index (κ2) is 5.30. The van der Waals surface area contributed by atoms with Gasteiger partial charge in [-0.1, -0.05) is 22.9 Å². The average molecular weight is 315 g/mol. The zero-order chi connectivity index (χ0) is 13.1. The first-order chi connectivity index (χ1) is 6.96. The molecular weight excluding hydrogens is 288 g/mol. The Morgan fingerprint density at radius 1 is 1.31 bits per heavy atom. The summed E-state index contributed by atoms with van der Waals surface area (Å²) in [6, 6.07) is 0. The van der Waals surface area contributed by atoms with Gasteiger partial charge in [-0.15, -0.1) is 0 Å². The first-order valence-corrected chi connectivity index (χ1v) is 10.6. The second-order valence-electron chi connectivity index (χ2n) is 6.46. The molecule has 0 saturated carbocycles. The number of hydrogen-bond acceptors (Lipinski definition) is 2. The molecule has 0 aromatic heterocycles. The minimum Gasteiger partial charge on any atom is -0.465 e. The first kappa shape index (κ1) is 16.3. The molecule has 0 amide bonds. The van der Waals surface area contributed by atoms with E-state index in [1.54, 1.807) is 13.8 Å². The number of carbonyl (C=O) groups excluding carboxylic acids is 1. The smallest absolute Gasteiger partial charge is 0.322 e. The van der Waals surface area contributed by atoms with E-state index in [9.17, 15) is 4.79 Å². The van der Waals surface area contributed by atoms with Crippen molar-refractivity contribution in [3.63, 3.8) is 0 Å². The van der Waals surface area contributed by atoms with Gasteiger partial charge in [0.1, 0.15) is 4.32 Å². The quantitative estimate of drug-likeness (QED) is 0.353. The van der Waals surface area contributed by atoms with E-state index in [1.165, 1.54) is 11.5 Å². The van der Waals surface area contributed by atoms with Gasteiger partial charge in [0.05, 0.1) is 6.61 Å². The van der Waals surface area contributed by atoms with Crippen LogP contribution in [0.3, 0.4) is 0 Å². The lowest BCUT2D eigenvalue weighted by atomic mass is 10.2. The minimum absolute atomic E-state index is 0.173. The van der Waals surface area contributed by atoms with Gasteiger partial charge in [-0.25, -0.2) is 0 Å². The topological polar surface area (TPSA) is 26.3 Å². The number of ether oxygens (including phenoxy) is 1. The van der Waals surface area contributed by atoms with E-state index in [0.29, 0.717) is 6.61 Å². The number of alkyl halides is 1. The first-order valence-electron chi connectivity index (χ1n) is 5.82. The maximum absolute atomic E-state index is 11.5. The molecule has 0 spiro atoms. The van der Waals surface area contributed by atoms with Gasteiger partial charge in [0, 0.05) is 0 Å². The molecule has 0 rings (SSSR count). The summed E-state index contributed by atoms with van der Waals surface area (Å²) in [4.78, 5) is 11.5. The van der Waals surface area contributed by atoms with Crippen LogP contribution in [0.5, 0.6) is 0 Å². The molecule has 0 atom stereocenters. The molecule has 0 N–H and O–H groups in total. The molecule has 0 saturated heterocycles. The summed E-state index contributed by atoms with van der Waals surface area (Å²) in [6.45, 7) is 6.41. The fraction of sp³-hybridized carbons (Fsp3) is 0.917. The van der Waals surface area contributed by atoms with E-state index >= 15 is 0 Å². The highest BCUT2D eigenvalue weighted by Gasteiger charge is 2.26. The van der Waals surface area contributed by atoms with Crippen molar-refractivity contribution in [3.05, 3.63) is 0 Å². The van der Waals surface area contributed by atoms with E-state index < -0.39 is 13.5 Å². The van der Waals surface area contributed by atoms with Crippen LogP contribution in [0, 0.1) is 0 Å². The molecule has 0 bridgehead atoms. The Labute approximate surface area is 109 Å². The molecule has 0 aromatic carbocycles. The Bertz CT molecular complexity index is 248. The molecule has 0 aliphatic carbocycles. The fourth-order valence-electron chi connectivity index (χ4n) is 1.15. The van der Waals surface area contributed by atoms with E-state index in [2.05, 4.69) is 41.6 Å².